The second-order valence-corrected chi connectivity index (χ2v) is 6.31. The molecule has 2 amide bonds. The van der Waals surface area contributed by atoms with Crippen LogP contribution in [0.3, 0.4) is 0 Å². The van der Waals surface area contributed by atoms with Crippen LogP contribution in [0.15, 0.2) is 0 Å². The summed E-state index contributed by atoms with van der Waals surface area (Å²) in [6.07, 6.45) is 5.21. The van der Waals surface area contributed by atoms with Crippen LogP contribution in [0, 0.1) is 23.7 Å². The number of hydrogen-bond acceptors (Lipinski definition) is 2. The third kappa shape index (κ3) is 2.19. The average Bonchev–Trinajstić information content (AvgIpc) is 2.76. The molecule has 3 N–H and O–H groups in total. The summed E-state index contributed by atoms with van der Waals surface area (Å²) in [5.74, 6) is 2.03. The molecule has 106 valence electrons. The molecule has 3 aliphatic rings. The molecule has 2 bridgehead atoms. The van der Waals surface area contributed by atoms with E-state index in [2.05, 4.69) is 10.6 Å². The lowest BCUT2D eigenvalue weighted by Gasteiger charge is -2.16. The molecule has 0 aliphatic heterocycles. The highest BCUT2D eigenvalue weighted by atomic mass is 16.4. The largest absolute Gasteiger partial charge is 0.480 e. The number of nitrogens with one attached hydrogen (secondary N) is 2. The van der Waals surface area contributed by atoms with Crippen molar-refractivity contribution in [1.82, 2.24) is 10.6 Å². The monoisotopic (exact) mass is 266 g/mol. The van der Waals surface area contributed by atoms with Crippen LogP contribution in [-0.4, -0.2) is 29.2 Å². The van der Waals surface area contributed by atoms with Crippen LogP contribution in [-0.2, 0) is 4.79 Å². The molecule has 5 heteroatoms. The lowest BCUT2D eigenvalue weighted by Crippen LogP contribution is -2.47. The van der Waals surface area contributed by atoms with Crippen molar-refractivity contribution in [3.8, 4) is 0 Å². The molecule has 0 radical (unpaired) electrons. The van der Waals surface area contributed by atoms with Crippen molar-refractivity contribution >= 4 is 12.0 Å². The molecule has 3 aliphatic carbocycles. The number of urea groups is 1. The van der Waals surface area contributed by atoms with Crippen LogP contribution in [0.4, 0.5) is 4.79 Å². The Bertz CT molecular complexity index is 382. The average molecular weight is 266 g/mol. The Balaban J connectivity index is 1.49. The zero-order valence-corrected chi connectivity index (χ0v) is 11.3. The molecule has 0 heterocycles. The molecule has 0 spiro atoms. The molecule has 5 atom stereocenters. The highest BCUT2D eigenvalue weighted by Gasteiger charge is 2.65. The quantitative estimate of drug-likeness (QED) is 0.707. The van der Waals surface area contributed by atoms with Crippen molar-refractivity contribution in [3.63, 3.8) is 0 Å². The van der Waals surface area contributed by atoms with E-state index in [1.807, 2.05) is 6.92 Å². The minimum absolute atomic E-state index is 0.306. The van der Waals surface area contributed by atoms with Gasteiger partial charge in [-0.15, -0.1) is 0 Å². The van der Waals surface area contributed by atoms with E-state index in [9.17, 15) is 9.59 Å². The summed E-state index contributed by atoms with van der Waals surface area (Å²) in [5.41, 5.74) is 0. The zero-order chi connectivity index (χ0) is 13.6. The van der Waals surface area contributed by atoms with Crippen LogP contribution in [0.5, 0.6) is 0 Å². The van der Waals surface area contributed by atoms with Gasteiger partial charge < -0.3 is 15.7 Å². The molecule has 3 saturated carbocycles. The van der Waals surface area contributed by atoms with Gasteiger partial charge in [-0.3, -0.25) is 0 Å². The van der Waals surface area contributed by atoms with Gasteiger partial charge in [0.15, 0.2) is 0 Å². The number of aliphatic carboxylic acids is 1. The Labute approximate surface area is 113 Å². The van der Waals surface area contributed by atoms with Crippen LogP contribution in [0.1, 0.15) is 39.0 Å². The lowest BCUT2D eigenvalue weighted by atomic mass is 10.0. The third-order valence-electron chi connectivity index (χ3n) is 5.21. The number of hydrogen-bond donors (Lipinski definition) is 3. The van der Waals surface area contributed by atoms with Crippen molar-refractivity contribution < 1.29 is 14.7 Å². The summed E-state index contributed by atoms with van der Waals surface area (Å²) in [6.45, 7) is 1.92. The number of carboxylic acid groups (broad SMARTS) is 1. The summed E-state index contributed by atoms with van der Waals surface area (Å²) in [5, 5.41) is 14.6. The van der Waals surface area contributed by atoms with Crippen LogP contribution in [0.2, 0.25) is 0 Å². The molecule has 4 unspecified atom stereocenters. The van der Waals surface area contributed by atoms with E-state index in [4.69, 9.17) is 5.11 Å². The zero-order valence-electron chi connectivity index (χ0n) is 11.3. The smallest absolute Gasteiger partial charge is 0.326 e. The minimum atomic E-state index is -0.951. The molecule has 0 aromatic rings. The summed E-state index contributed by atoms with van der Waals surface area (Å²) in [6, 6.07) is -0.762. The standard InChI is InChI=1S/C14H22N2O3/c1-2-3-9(13(17)18)15-14(19)16-12-10-7-4-5-8(6-7)11(10)12/h7-12H,2-6H2,1H3,(H,17,18)(H2,15,16,19)/t7?,8?,9-,10?,11?,12?/m0/s1. The molecule has 5 nitrogen and oxygen atoms in total. The summed E-state index contributed by atoms with van der Waals surface area (Å²) < 4.78 is 0. The maximum atomic E-state index is 11.9. The van der Waals surface area contributed by atoms with E-state index < -0.39 is 12.0 Å². The summed E-state index contributed by atoms with van der Waals surface area (Å²) in [4.78, 5) is 22.9. The highest BCUT2D eigenvalue weighted by Crippen LogP contribution is 2.65. The summed E-state index contributed by atoms with van der Waals surface area (Å²) >= 11 is 0. The number of carbonyl (C=O) groups excluding carboxylic acids is 1. The fraction of sp³-hybridized carbons (Fsp3) is 0.857. The van der Waals surface area contributed by atoms with Crippen LogP contribution < -0.4 is 10.6 Å². The van der Waals surface area contributed by atoms with Crippen LogP contribution >= 0.6 is 0 Å². The molecular weight excluding hydrogens is 244 g/mol. The van der Waals surface area contributed by atoms with E-state index in [-0.39, 0.29) is 6.03 Å². The fourth-order valence-corrected chi connectivity index (χ4v) is 4.42. The Morgan fingerprint density at radius 2 is 1.89 bits per heavy atom. The Kier molecular flexibility index (Phi) is 3.15. The maximum Gasteiger partial charge on any atom is 0.326 e. The van der Waals surface area contributed by atoms with Crippen LogP contribution in [0.25, 0.3) is 0 Å². The number of carbonyl (C=O) groups is 2. The van der Waals surface area contributed by atoms with Crippen molar-refractivity contribution in [3.05, 3.63) is 0 Å². The topological polar surface area (TPSA) is 78.4 Å². The van der Waals surface area contributed by atoms with Gasteiger partial charge in [0.05, 0.1) is 0 Å². The Hall–Kier alpha value is -1.26. The van der Waals surface area contributed by atoms with E-state index >= 15 is 0 Å². The third-order valence-corrected chi connectivity index (χ3v) is 5.21. The number of amides is 2. The van der Waals surface area contributed by atoms with Gasteiger partial charge in [-0.25, -0.2) is 9.59 Å². The Morgan fingerprint density at radius 1 is 1.26 bits per heavy atom. The fourth-order valence-electron chi connectivity index (χ4n) is 4.42. The van der Waals surface area contributed by atoms with Gasteiger partial charge in [0.25, 0.3) is 0 Å². The second kappa shape index (κ2) is 4.69. The van der Waals surface area contributed by atoms with Crippen molar-refractivity contribution in [2.45, 2.75) is 51.1 Å². The number of rotatable bonds is 5. The predicted octanol–water partition coefficient (Wildman–Crippen LogP) is 1.58. The van der Waals surface area contributed by atoms with Gasteiger partial charge in [-0.1, -0.05) is 13.3 Å². The molecule has 0 saturated heterocycles. The molecule has 19 heavy (non-hydrogen) atoms. The van der Waals surface area contributed by atoms with Crippen molar-refractivity contribution in [1.29, 1.82) is 0 Å². The van der Waals surface area contributed by atoms with Crippen molar-refractivity contribution in [2.75, 3.05) is 0 Å². The molecule has 0 aromatic carbocycles. The maximum absolute atomic E-state index is 11.9. The van der Waals surface area contributed by atoms with E-state index in [0.717, 1.165) is 18.3 Å². The van der Waals surface area contributed by atoms with Gasteiger partial charge in [0.1, 0.15) is 6.04 Å². The first-order valence-corrected chi connectivity index (χ1v) is 7.41. The minimum Gasteiger partial charge on any atom is -0.480 e. The van der Waals surface area contributed by atoms with Gasteiger partial charge in [-0.05, 0) is 49.4 Å². The molecule has 3 fully saturated rings. The summed E-state index contributed by atoms with van der Waals surface area (Å²) in [7, 11) is 0. The van der Waals surface area contributed by atoms with Gasteiger partial charge in [0.2, 0.25) is 0 Å². The molecular formula is C14H22N2O3. The Morgan fingerprint density at radius 3 is 2.42 bits per heavy atom. The van der Waals surface area contributed by atoms with E-state index in [1.165, 1.54) is 19.3 Å². The lowest BCUT2D eigenvalue weighted by molar-refractivity contribution is -0.139. The second-order valence-electron chi connectivity index (χ2n) is 6.31. The number of fused-ring (bicyclic) bond motifs is 5. The van der Waals surface area contributed by atoms with Gasteiger partial charge >= 0.3 is 12.0 Å². The van der Waals surface area contributed by atoms with E-state index in [0.29, 0.717) is 24.3 Å². The van der Waals surface area contributed by atoms with Gasteiger partial charge in [0, 0.05) is 6.04 Å². The highest BCUT2D eigenvalue weighted by molar-refractivity contribution is 5.82. The van der Waals surface area contributed by atoms with Crippen molar-refractivity contribution in [2.24, 2.45) is 23.7 Å². The number of carboxylic acids is 1. The first-order valence-electron chi connectivity index (χ1n) is 7.41. The predicted molar refractivity (Wildman–Crippen MR) is 69.6 cm³/mol. The normalized spacial score (nSPS) is 39.5. The first kappa shape index (κ1) is 12.8. The van der Waals surface area contributed by atoms with E-state index in [1.54, 1.807) is 0 Å². The SMILES string of the molecule is CCC[C@H](NC(=O)NC1C2C3CCC(C3)C12)C(=O)O. The molecule has 0 aromatic heterocycles. The van der Waals surface area contributed by atoms with Gasteiger partial charge in [-0.2, -0.15) is 0 Å². The first-order chi connectivity index (χ1) is 9.11. The molecule has 3 rings (SSSR count).